The molecule has 0 bridgehead atoms. The molecule has 3 N–H and O–H groups in total. The van der Waals surface area contributed by atoms with Crippen LogP contribution in [0.4, 0.5) is 0 Å². The first kappa shape index (κ1) is 83.1. The fourth-order valence-corrected chi connectivity index (χ4v) is 11.4. The van der Waals surface area contributed by atoms with E-state index in [2.05, 4.69) is 41.5 Å². The van der Waals surface area contributed by atoms with Gasteiger partial charge in [0.15, 0.2) is 12.2 Å². The summed E-state index contributed by atoms with van der Waals surface area (Å²) in [5.41, 5.74) is 0. The standard InChI is InChI=1S/C66H128O17P2/c1-7-10-12-14-16-23-32-38-44-50-65(70)82-61(54-76-63(68)48-42-36-30-17-15-13-11-8-2)56-80-84(72,73)78-52-60(67)53-79-85(74,75)81-57-62(55-77-64(69)49-43-37-31-27-26-29-35-41-47-59(6)9-3)83-66(71)51-45-39-33-25-22-20-18-19-21-24-28-34-40-46-58(4)5/h58-62,67H,7-57H2,1-6H3,(H,72,73)(H,74,75)/t59?,60-,61+,62+/m0/s1. The molecule has 0 amide bonds. The summed E-state index contributed by atoms with van der Waals surface area (Å²) in [6.07, 6.45) is 41.7. The molecule has 0 fully saturated rings. The number of esters is 4. The second-order valence-electron chi connectivity index (χ2n) is 24.6. The lowest BCUT2D eigenvalue weighted by molar-refractivity contribution is -0.161. The van der Waals surface area contributed by atoms with Gasteiger partial charge in [-0.05, 0) is 37.5 Å². The van der Waals surface area contributed by atoms with Gasteiger partial charge in [0.25, 0.3) is 0 Å². The summed E-state index contributed by atoms with van der Waals surface area (Å²) >= 11 is 0. The summed E-state index contributed by atoms with van der Waals surface area (Å²) in [7, 11) is -9.89. The molecule has 0 aromatic carbocycles. The normalized spacial score (nSPS) is 14.6. The van der Waals surface area contributed by atoms with Crippen LogP contribution in [0.2, 0.25) is 0 Å². The quantitative estimate of drug-likeness (QED) is 0.0222. The zero-order valence-electron chi connectivity index (χ0n) is 54.9. The molecule has 0 heterocycles. The molecule has 0 aliphatic rings. The van der Waals surface area contributed by atoms with Crippen molar-refractivity contribution < 1.29 is 80.2 Å². The summed E-state index contributed by atoms with van der Waals surface area (Å²) in [6.45, 7) is 9.49. The van der Waals surface area contributed by atoms with Crippen molar-refractivity contribution >= 4 is 39.5 Å². The number of hydrogen-bond donors (Lipinski definition) is 3. The molecule has 85 heavy (non-hydrogen) atoms. The van der Waals surface area contributed by atoms with Crippen LogP contribution >= 0.6 is 15.6 Å². The van der Waals surface area contributed by atoms with E-state index < -0.39 is 97.5 Å². The Morgan fingerprint density at radius 2 is 0.600 bits per heavy atom. The minimum atomic E-state index is -4.95. The Morgan fingerprint density at radius 1 is 0.341 bits per heavy atom. The van der Waals surface area contributed by atoms with Crippen molar-refractivity contribution in [3.8, 4) is 0 Å². The highest BCUT2D eigenvalue weighted by Crippen LogP contribution is 2.45. The van der Waals surface area contributed by atoms with Gasteiger partial charge >= 0.3 is 39.5 Å². The summed E-state index contributed by atoms with van der Waals surface area (Å²) in [5, 5.41) is 10.5. The minimum absolute atomic E-state index is 0.105. The molecule has 0 rings (SSSR count). The van der Waals surface area contributed by atoms with Gasteiger partial charge < -0.3 is 33.8 Å². The van der Waals surface area contributed by atoms with Crippen LogP contribution in [0.25, 0.3) is 0 Å². The Balaban J connectivity index is 5.21. The maximum atomic E-state index is 13.0. The molecule has 17 nitrogen and oxygen atoms in total. The van der Waals surface area contributed by atoms with Crippen LogP contribution in [-0.2, 0) is 65.4 Å². The predicted octanol–water partition coefficient (Wildman–Crippen LogP) is 18.4. The van der Waals surface area contributed by atoms with Gasteiger partial charge in [0, 0.05) is 25.7 Å². The van der Waals surface area contributed by atoms with Crippen molar-refractivity contribution in [1.82, 2.24) is 0 Å². The molecule has 19 heteroatoms. The molecule has 3 unspecified atom stereocenters. The average Bonchev–Trinajstić information content (AvgIpc) is 3.50. The highest BCUT2D eigenvalue weighted by Gasteiger charge is 2.30. The Hall–Kier alpha value is -1.94. The van der Waals surface area contributed by atoms with Crippen molar-refractivity contribution in [2.75, 3.05) is 39.6 Å². The fraction of sp³-hybridized carbons (Fsp3) is 0.939. The zero-order chi connectivity index (χ0) is 62.9. The summed E-state index contributed by atoms with van der Waals surface area (Å²) in [5.74, 6) is -0.570. The highest BCUT2D eigenvalue weighted by atomic mass is 31.2. The zero-order valence-corrected chi connectivity index (χ0v) is 56.7. The van der Waals surface area contributed by atoms with Crippen LogP contribution in [0.5, 0.6) is 0 Å². The number of phosphoric ester groups is 2. The third-order valence-corrected chi connectivity index (χ3v) is 17.5. The predicted molar refractivity (Wildman–Crippen MR) is 340 cm³/mol. The first-order valence-electron chi connectivity index (χ1n) is 34.5. The number of unbranched alkanes of at least 4 members (excludes halogenated alkanes) is 34. The SMILES string of the molecule is CCCCCCCCCCCC(=O)O[C@H](COC(=O)CCCCCCCCCC)COP(=O)(O)OC[C@H](O)COP(=O)(O)OC[C@@H](COC(=O)CCCCCCCCCCC(C)CC)OC(=O)CCCCCCCCCCCCCCCC(C)C. The smallest absolute Gasteiger partial charge is 0.462 e. The number of ether oxygens (including phenoxy) is 4. The molecule has 0 aromatic heterocycles. The second kappa shape index (κ2) is 58.4. The number of hydrogen-bond acceptors (Lipinski definition) is 15. The van der Waals surface area contributed by atoms with Crippen molar-refractivity contribution in [2.24, 2.45) is 11.8 Å². The Bertz CT molecular complexity index is 1670. The van der Waals surface area contributed by atoms with Gasteiger partial charge in [-0.2, -0.15) is 0 Å². The number of phosphoric acid groups is 2. The van der Waals surface area contributed by atoms with Gasteiger partial charge in [0.1, 0.15) is 19.3 Å². The van der Waals surface area contributed by atoms with E-state index in [1.54, 1.807) is 0 Å². The minimum Gasteiger partial charge on any atom is -0.462 e. The monoisotopic (exact) mass is 1250 g/mol. The van der Waals surface area contributed by atoms with Gasteiger partial charge in [-0.25, -0.2) is 9.13 Å². The number of carbonyl (C=O) groups is 4. The largest absolute Gasteiger partial charge is 0.472 e. The second-order valence-corrected chi connectivity index (χ2v) is 27.5. The molecular formula is C66H128O17P2. The van der Waals surface area contributed by atoms with Crippen molar-refractivity contribution in [2.45, 2.75) is 349 Å². The van der Waals surface area contributed by atoms with Crippen molar-refractivity contribution in [3.63, 3.8) is 0 Å². The van der Waals surface area contributed by atoms with E-state index in [-0.39, 0.29) is 25.7 Å². The lowest BCUT2D eigenvalue weighted by Gasteiger charge is -2.21. The third-order valence-electron chi connectivity index (χ3n) is 15.6. The van der Waals surface area contributed by atoms with E-state index >= 15 is 0 Å². The molecule has 0 radical (unpaired) electrons. The molecule has 0 saturated heterocycles. The van der Waals surface area contributed by atoms with Crippen LogP contribution in [0.3, 0.4) is 0 Å². The highest BCUT2D eigenvalue weighted by molar-refractivity contribution is 7.47. The topological polar surface area (TPSA) is 237 Å². The average molecular weight is 1260 g/mol. The van der Waals surface area contributed by atoms with Gasteiger partial charge in [-0.1, -0.05) is 279 Å². The van der Waals surface area contributed by atoms with E-state index in [1.807, 2.05) is 0 Å². The van der Waals surface area contributed by atoms with Crippen molar-refractivity contribution in [1.29, 1.82) is 0 Å². The Kier molecular flexibility index (Phi) is 57.1. The maximum absolute atomic E-state index is 13.0. The van der Waals surface area contributed by atoms with Crippen LogP contribution in [-0.4, -0.2) is 96.7 Å². The third kappa shape index (κ3) is 59.5. The molecule has 0 aliphatic heterocycles. The van der Waals surface area contributed by atoms with E-state index in [1.165, 1.54) is 141 Å². The summed E-state index contributed by atoms with van der Waals surface area (Å²) < 4.78 is 68.0. The number of aliphatic hydroxyl groups is 1. The van der Waals surface area contributed by atoms with Gasteiger partial charge in [-0.15, -0.1) is 0 Å². The fourth-order valence-electron chi connectivity index (χ4n) is 9.85. The molecule has 0 saturated carbocycles. The molecule has 504 valence electrons. The van der Waals surface area contributed by atoms with E-state index in [9.17, 15) is 43.2 Å². The van der Waals surface area contributed by atoms with E-state index in [0.29, 0.717) is 25.7 Å². The Labute approximate surface area is 517 Å². The van der Waals surface area contributed by atoms with Gasteiger partial charge in [0.05, 0.1) is 26.4 Å². The van der Waals surface area contributed by atoms with Crippen LogP contribution < -0.4 is 0 Å². The molecular weight excluding hydrogens is 1130 g/mol. The van der Waals surface area contributed by atoms with Crippen LogP contribution in [0, 0.1) is 11.8 Å². The van der Waals surface area contributed by atoms with E-state index in [0.717, 1.165) is 108 Å². The molecule has 6 atom stereocenters. The van der Waals surface area contributed by atoms with Crippen LogP contribution in [0.15, 0.2) is 0 Å². The van der Waals surface area contributed by atoms with Gasteiger partial charge in [0.2, 0.25) is 0 Å². The lowest BCUT2D eigenvalue weighted by Crippen LogP contribution is -2.30. The molecule has 0 aliphatic carbocycles. The Morgan fingerprint density at radius 3 is 0.894 bits per heavy atom. The van der Waals surface area contributed by atoms with E-state index in [4.69, 9.17) is 37.0 Å². The maximum Gasteiger partial charge on any atom is 0.472 e. The number of rotatable bonds is 65. The van der Waals surface area contributed by atoms with Gasteiger partial charge in [-0.3, -0.25) is 37.3 Å². The molecule has 0 aromatic rings. The summed E-state index contributed by atoms with van der Waals surface area (Å²) in [6, 6.07) is 0. The van der Waals surface area contributed by atoms with Crippen molar-refractivity contribution in [3.05, 3.63) is 0 Å². The lowest BCUT2D eigenvalue weighted by atomic mass is 9.99. The first-order valence-corrected chi connectivity index (χ1v) is 37.5. The first-order chi connectivity index (χ1) is 40.9. The molecule has 0 spiro atoms. The number of carbonyl (C=O) groups excluding carboxylic acids is 4. The summed E-state index contributed by atoms with van der Waals surface area (Å²) in [4.78, 5) is 72.2. The van der Waals surface area contributed by atoms with Crippen LogP contribution in [0.1, 0.15) is 330 Å². The number of aliphatic hydroxyl groups excluding tert-OH is 1.